The van der Waals surface area contributed by atoms with Crippen LogP contribution in [0.25, 0.3) is 0 Å². The van der Waals surface area contributed by atoms with E-state index in [1.807, 2.05) is 34.6 Å². The monoisotopic (exact) mass is 238 g/mol. The van der Waals surface area contributed by atoms with E-state index in [-0.39, 0.29) is 11.2 Å². The Labute approximate surface area is 92.8 Å². The van der Waals surface area contributed by atoms with Gasteiger partial charge in [0.2, 0.25) is 0 Å². The topological polar surface area (TPSA) is 63.6 Å². The van der Waals surface area contributed by atoms with Crippen molar-refractivity contribution in [1.29, 1.82) is 0 Å². The predicted octanol–water partition coefficient (Wildman–Crippen LogP) is 2.11. The molecule has 0 aromatic heterocycles. The van der Waals surface area contributed by atoms with Crippen molar-refractivity contribution in [2.45, 2.75) is 46.6 Å². The van der Waals surface area contributed by atoms with Gasteiger partial charge in [-0.25, -0.2) is 0 Å². The molecule has 0 bridgehead atoms. The van der Waals surface area contributed by atoms with Gasteiger partial charge in [0.15, 0.2) is 0 Å². The summed E-state index contributed by atoms with van der Waals surface area (Å²) in [5.41, 5.74) is -1.16. The fraction of sp³-hybridized carbons (Fsp3) is 1.00. The number of ether oxygens (including phenoxy) is 1. The minimum Gasteiger partial charge on any atom is -0.374 e. The third kappa shape index (κ3) is 4.09. The van der Waals surface area contributed by atoms with Crippen LogP contribution in [0.4, 0.5) is 0 Å². The van der Waals surface area contributed by atoms with Gasteiger partial charge in [-0.15, -0.1) is 0 Å². The summed E-state index contributed by atoms with van der Waals surface area (Å²) in [7, 11) is -4.02. The van der Waals surface area contributed by atoms with Crippen molar-refractivity contribution in [1.82, 2.24) is 0 Å². The molecule has 0 aromatic carbocycles. The zero-order chi connectivity index (χ0) is 12.3. The van der Waals surface area contributed by atoms with Gasteiger partial charge in [0.25, 0.3) is 10.1 Å². The Balaban J connectivity index is 5.17. The third-order valence-electron chi connectivity index (χ3n) is 2.77. The molecule has 0 saturated carbocycles. The first-order valence-corrected chi connectivity index (χ1v) is 6.78. The molecule has 0 rings (SSSR count). The van der Waals surface area contributed by atoms with Gasteiger partial charge < -0.3 is 4.74 Å². The molecule has 0 aliphatic heterocycles. The van der Waals surface area contributed by atoms with Crippen LogP contribution in [0.15, 0.2) is 0 Å². The lowest BCUT2D eigenvalue weighted by molar-refractivity contribution is -0.0992. The minimum atomic E-state index is -4.02. The molecule has 92 valence electrons. The van der Waals surface area contributed by atoms with E-state index in [1.165, 1.54) is 0 Å². The molecule has 0 amide bonds. The fourth-order valence-electron chi connectivity index (χ4n) is 1.78. The first-order chi connectivity index (χ1) is 6.58. The molecule has 15 heavy (non-hydrogen) atoms. The van der Waals surface area contributed by atoms with E-state index in [4.69, 9.17) is 9.29 Å². The van der Waals surface area contributed by atoms with Crippen molar-refractivity contribution in [3.05, 3.63) is 0 Å². The van der Waals surface area contributed by atoms with Crippen molar-refractivity contribution < 1.29 is 17.7 Å². The van der Waals surface area contributed by atoms with Crippen molar-refractivity contribution in [3.63, 3.8) is 0 Å². The predicted molar refractivity (Wildman–Crippen MR) is 60.5 cm³/mol. The standard InChI is InChI=1S/C10H22O4S/c1-6-10(14-7-2,9(3,4)5)8-15(11,12)13/h6-8H2,1-5H3,(H,11,12,13). The van der Waals surface area contributed by atoms with Crippen LogP contribution in [0.1, 0.15) is 41.0 Å². The second-order valence-corrected chi connectivity index (χ2v) is 6.21. The van der Waals surface area contributed by atoms with Crippen molar-refractivity contribution in [2.75, 3.05) is 12.4 Å². The Bertz CT molecular complexity index is 289. The lowest BCUT2D eigenvalue weighted by Crippen LogP contribution is -2.50. The van der Waals surface area contributed by atoms with Gasteiger partial charge in [0.05, 0.1) is 5.60 Å². The zero-order valence-corrected chi connectivity index (χ0v) is 11.0. The van der Waals surface area contributed by atoms with E-state index in [9.17, 15) is 8.42 Å². The molecule has 0 heterocycles. The maximum Gasteiger partial charge on any atom is 0.267 e. The van der Waals surface area contributed by atoms with E-state index in [0.29, 0.717) is 13.0 Å². The van der Waals surface area contributed by atoms with Gasteiger partial charge in [0.1, 0.15) is 5.75 Å². The maximum atomic E-state index is 11.0. The van der Waals surface area contributed by atoms with Crippen LogP contribution in [0, 0.1) is 5.41 Å². The van der Waals surface area contributed by atoms with Crippen LogP contribution >= 0.6 is 0 Å². The maximum absolute atomic E-state index is 11.0. The number of hydrogen-bond acceptors (Lipinski definition) is 3. The van der Waals surface area contributed by atoms with Gasteiger partial charge in [-0.05, 0) is 18.8 Å². The second-order valence-electron chi connectivity index (χ2n) is 4.76. The van der Waals surface area contributed by atoms with Crippen molar-refractivity contribution >= 4 is 10.1 Å². The van der Waals surface area contributed by atoms with E-state index in [0.717, 1.165) is 0 Å². The van der Waals surface area contributed by atoms with Crippen molar-refractivity contribution in [3.8, 4) is 0 Å². The van der Waals surface area contributed by atoms with Gasteiger partial charge in [-0.3, -0.25) is 4.55 Å². The molecule has 5 heteroatoms. The van der Waals surface area contributed by atoms with Gasteiger partial charge in [0, 0.05) is 6.61 Å². The minimum absolute atomic E-state index is 0.340. The Hall–Kier alpha value is -0.130. The smallest absolute Gasteiger partial charge is 0.267 e. The Morgan fingerprint density at radius 3 is 1.87 bits per heavy atom. The lowest BCUT2D eigenvalue weighted by Gasteiger charge is -2.43. The molecule has 1 atom stereocenters. The Morgan fingerprint density at radius 2 is 1.67 bits per heavy atom. The summed E-state index contributed by atoms with van der Waals surface area (Å²) in [5, 5.41) is 0. The molecule has 0 aliphatic rings. The average Bonchev–Trinajstić information content (AvgIpc) is 1.98. The second kappa shape index (κ2) is 4.80. The summed E-state index contributed by atoms with van der Waals surface area (Å²) in [6.45, 7) is 9.86. The summed E-state index contributed by atoms with van der Waals surface area (Å²) in [5.74, 6) is -0.353. The van der Waals surface area contributed by atoms with Crippen LogP contribution in [0.3, 0.4) is 0 Å². The van der Waals surface area contributed by atoms with Crippen LogP contribution in [-0.2, 0) is 14.9 Å². The van der Waals surface area contributed by atoms with Gasteiger partial charge in [-0.2, -0.15) is 8.42 Å². The molecular formula is C10H22O4S. The first kappa shape index (κ1) is 14.9. The molecule has 0 spiro atoms. The summed E-state index contributed by atoms with van der Waals surface area (Å²) < 4.78 is 36.6. The van der Waals surface area contributed by atoms with Gasteiger partial charge >= 0.3 is 0 Å². The third-order valence-corrected chi connectivity index (χ3v) is 3.61. The zero-order valence-electron chi connectivity index (χ0n) is 10.2. The molecule has 0 aromatic rings. The highest BCUT2D eigenvalue weighted by atomic mass is 32.2. The average molecular weight is 238 g/mol. The highest BCUT2D eigenvalue weighted by Crippen LogP contribution is 2.37. The van der Waals surface area contributed by atoms with E-state index < -0.39 is 15.7 Å². The van der Waals surface area contributed by atoms with E-state index in [1.54, 1.807) is 0 Å². The Kier molecular flexibility index (Phi) is 4.76. The molecule has 0 fully saturated rings. The number of rotatable bonds is 5. The normalized spacial score (nSPS) is 17.5. The molecule has 0 radical (unpaired) electrons. The van der Waals surface area contributed by atoms with Crippen LogP contribution in [-0.4, -0.2) is 30.9 Å². The number of hydrogen-bond donors (Lipinski definition) is 1. The molecule has 0 aliphatic carbocycles. The fourth-order valence-corrected chi connectivity index (χ4v) is 3.09. The summed E-state index contributed by atoms with van der Waals surface area (Å²) in [4.78, 5) is 0. The quantitative estimate of drug-likeness (QED) is 0.745. The van der Waals surface area contributed by atoms with Crippen LogP contribution in [0.5, 0.6) is 0 Å². The van der Waals surface area contributed by atoms with E-state index >= 15 is 0 Å². The summed E-state index contributed by atoms with van der Waals surface area (Å²) in [6, 6.07) is 0. The molecule has 1 unspecified atom stereocenters. The first-order valence-electron chi connectivity index (χ1n) is 5.17. The van der Waals surface area contributed by atoms with Gasteiger partial charge in [-0.1, -0.05) is 27.7 Å². The van der Waals surface area contributed by atoms with E-state index in [2.05, 4.69) is 0 Å². The van der Waals surface area contributed by atoms with Crippen molar-refractivity contribution in [2.24, 2.45) is 5.41 Å². The highest BCUT2D eigenvalue weighted by molar-refractivity contribution is 7.85. The molecule has 1 N–H and O–H groups in total. The largest absolute Gasteiger partial charge is 0.374 e. The Morgan fingerprint density at radius 1 is 1.20 bits per heavy atom. The molecular weight excluding hydrogens is 216 g/mol. The van der Waals surface area contributed by atoms with Crippen LogP contribution in [0.2, 0.25) is 0 Å². The summed E-state index contributed by atoms with van der Waals surface area (Å²) in [6.07, 6.45) is 0.546. The lowest BCUT2D eigenvalue weighted by atomic mass is 9.76. The molecule has 0 saturated heterocycles. The SMILES string of the molecule is CCOC(CC)(CS(=O)(=O)O)C(C)(C)C. The van der Waals surface area contributed by atoms with Crippen LogP contribution < -0.4 is 0 Å². The molecule has 4 nitrogen and oxygen atoms in total. The summed E-state index contributed by atoms with van der Waals surface area (Å²) >= 11 is 0. The highest BCUT2D eigenvalue weighted by Gasteiger charge is 2.44.